The average Bonchev–Trinajstić information content (AvgIpc) is 3.51. The van der Waals surface area contributed by atoms with Crippen LogP contribution in [0.15, 0.2) is 73.1 Å². The van der Waals surface area contributed by atoms with Gasteiger partial charge in [0.05, 0.1) is 28.9 Å². The summed E-state index contributed by atoms with van der Waals surface area (Å²) in [4.78, 5) is 15.0. The Kier molecular flexibility index (Phi) is 6.60. The first-order valence-corrected chi connectivity index (χ1v) is 10.5. The first kappa shape index (κ1) is 22.0. The maximum atomic E-state index is 12.7. The fourth-order valence-electron chi connectivity index (χ4n) is 3.61. The minimum Gasteiger partial charge on any atom is -0.371 e. The summed E-state index contributed by atoms with van der Waals surface area (Å²) in [6.07, 6.45) is 5.86. The second-order valence-electron chi connectivity index (χ2n) is 7.55. The molecule has 1 aliphatic rings. The third-order valence-corrected chi connectivity index (χ3v) is 5.27. The summed E-state index contributed by atoms with van der Waals surface area (Å²) in [6, 6.07) is 17.3. The highest BCUT2D eigenvalue weighted by Gasteiger charge is 2.17. The van der Waals surface area contributed by atoms with Crippen molar-refractivity contribution in [2.75, 3.05) is 23.3 Å². The lowest BCUT2D eigenvalue weighted by molar-refractivity contribution is 0.102. The first-order valence-electron chi connectivity index (χ1n) is 10.5. The number of carbonyl (C=O) groups excluding carboxylic acids is 1. The minimum absolute atomic E-state index is 0.233. The number of benzene rings is 2. The lowest BCUT2D eigenvalue weighted by Gasteiger charge is -2.17. The fraction of sp³-hybridized carbons (Fsp3) is 0.160. The van der Waals surface area contributed by atoms with Gasteiger partial charge in [-0.1, -0.05) is 6.07 Å². The monoisotopic (exact) mass is 445 g/mol. The van der Waals surface area contributed by atoms with Gasteiger partial charge in [0.1, 0.15) is 11.6 Å². The molecule has 1 fully saturated rings. The molecule has 1 saturated heterocycles. The summed E-state index contributed by atoms with van der Waals surface area (Å²) in [6.45, 7) is 2.10. The van der Waals surface area contributed by atoms with Crippen LogP contribution in [0, 0.1) is 23.0 Å². The van der Waals surface area contributed by atoms with E-state index in [0.29, 0.717) is 16.8 Å². The van der Waals surface area contributed by atoms with E-state index < -0.39 is 11.6 Å². The molecule has 0 aliphatic carbocycles. The van der Waals surface area contributed by atoms with Crippen molar-refractivity contribution >= 4 is 22.8 Å². The molecule has 166 valence electrons. The molecule has 0 radical (unpaired) electrons. The number of aromatic nitrogens is 2. The molecule has 8 heteroatoms. The van der Waals surface area contributed by atoms with Gasteiger partial charge in [-0.3, -0.25) is 4.79 Å². The van der Waals surface area contributed by atoms with E-state index in [1.807, 2.05) is 18.3 Å². The zero-order chi connectivity index (χ0) is 23.2. The van der Waals surface area contributed by atoms with E-state index in [9.17, 15) is 13.6 Å². The number of pyridine rings is 1. The van der Waals surface area contributed by atoms with Crippen LogP contribution < -0.4 is 10.2 Å². The summed E-state index contributed by atoms with van der Waals surface area (Å²) in [5.41, 5.74) is 3.51. The second kappa shape index (κ2) is 9.92. The van der Waals surface area contributed by atoms with Gasteiger partial charge in [0.25, 0.3) is 5.91 Å². The van der Waals surface area contributed by atoms with Gasteiger partial charge < -0.3 is 10.2 Å². The van der Waals surface area contributed by atoms with Crippen molar-refractivity contribution in [3.05, 3.63) is 95.8 Å². The Balaban J connectivity index is 0.000000275. The number of hydrogen-bond donors (Lipinski definition) is 1. The number of carbonyl (C=O) groups is 1. The Hall–Kier alpha value is -4.25. The molecule has 0 saturated carbocycles. The van der Waals surface area contributed by atoms with E-state index in [2.05, 4.69) is 21.4 Å². The molecule has 0 atom stereocenters. The predicted octanol–water partition coefficient (Wildman–Crippen LogP) is 5.02. The summed E-state index contributed by atoms with van der Waals surface area (Å²) >= 11 is 0. The van der Waals surface area contributed by atoms with Crippen LogP contribution in [0.5, 0.6) is 0 Å². The van der Waals surface area contributed by atoms with E-state index in [4.69, 9.17) is 5.26 Å². The van der Waals surface area contributed by atoms with Crippen LogP contribution >= 0.6 is 0 Å². The molecule has 0 unspecified atom stereocenters. The van der Waals surface area contributed by atoms with Crippen molar-refractivity contribution < 1.29 is 13.6 Å². The Bertz CT molecular complexity index is 1280. The molecule has 1 N–H and O–H groups in total. The summed E-state index contributed by atoms with van der Waals surface area (Å²) in [5.74, 6) is -1.05. The molecule has 0 bridgehead atoms. The molecule has 3 heterocycles. The number of halogens is 2. The number of amides is 1. The highest BCUT2D eigenvalue weighted by Crippen LogP contribution is 2.24. The number of nitrogens with zero attached hydrogens (tertiary/aromatic N) is 4. The summed E-state index contributed by atoms with van der Waals surface area (Å²) in [5, 5.41) is 16.1. The first-order chi connectivity index (χ1) is 16.0. The maximum absolute atomic E-state index is 12.7. The molecule has 1 aliphatic heterocycles. The van der Waals surface area contributed by atoms with Crippen molar-refractivity contribution in [1.29, 1.82) is 5.26 Å². The Morgan fingerprint density at radius 3 is 2.36 bits per heavy atom. The van der Waals surface area contributed by atoms with E-state index in [1.165, 1.54) is 12.8 Å². The van der Waals surface area contributed by atoms with Crippen LogP contribution in [0.25, 0.3) is 5.52 Å². The van der Waals surface area contributed by atoms with Crippen molar-refractivity contribution in [1.82, 2.24) is 9.61 Å². The topological polar surface area (TPSA) is 73.4 Å². The third kappa shape index (κ3) is 5.33. The molecule has 0 spiro atoms. The molecular formula is C25H21F2N5O. The molecule has 4 aromatic rings. The van der Waals surface area contributed by atoms with Crippen LogP contribution in [0.3, 0.4) is 0 Å². The number of fused-ring (bicyclic) bond motifs is 1. The summed E-state index contributed by atoms with van der Waals surface area (Å²) < 4.78 is 25.5. The van der Waals surface area contributed by atoms with E-state index in [0.717, 1.165) is 48.6 Å². The molecule has 2 aromatic carbocycles. The van der Waals surface area contributed by atoms with Gasteiger partial charge in [-0.2, -0.15) is 10.4 Å². The SMILES string of the molecule is Fc1ccc(F)cc1.N#Cc1cccc(NC(=O)c2cnn3ccc(N4CCCC4)cc23)c1. The standard InChI is InChI=1S/C19H17N5O.C6H4F2/c20-12-14-4-3-5-15(10-14)22-19(25)17-13-21-24-9-6-16(11-18(17)24)23-7-1-2-8-23;7-5-1-2-6(8)4-3-5/h3-6,9-11,13H,1-2,7-8H2,(H,22,25);1-4H. The normalized spacial score (nSPS) is 12.7. The van der Waals surface area contributed by atoms with Gasteiger partial charge in [0.15, 0.2) is 0 Å². The number of rotatable bonds is 3. The number of nitrogens with one attached hydrogen (secondary N) is 1. The maximum Gasteiger partial charge on any atom is 0.259 e. The van der Waals surface area contributed by atoms with Gasteiger partial charge in [0, 0.05) is 30.7 Å². The molecule has 1 amide bonds. The van der Waals surface area contributed by atoms with Crippen molar-refractivity contribution in [3.63, 3.8) is 0 Å². The molecule has 5 rings (SSSR count). The highest BCUT2D eigenvalue weighted by atomic mass is 19.1. The van der Waals surface area contributed by atoms with E-state index >= 15 is 0 Å². The Morgan fingerprint density at radius 2 is 1.70 bits per heavy atom. The Morgan fingerprint density at radius 1 is 1.00 bits per heavy atom. The molecule has 33 heavy (non-hydrogen) atoms. The number of anilines is 2. The van der Waals surface area contributed by atoms with Crippen LogP contribution in [0.1, 0.15) is 28.8 Å². The smallest absolute Gasteiger partial charge is 0.259 e. The Labute approximate surface area is 189 Å². The predicted molar refractivity (Wildman–Crippen MR) is 122 cm³/mol. The van der Waals surface area contributed by atoms with Crippen LogP contribution in [0.4, 0.5) is 20.2 Å². The third-order valence-electron chi connectivity index (χ3n) is 5.27. The highest BCUT2D eigenvalue weighted by molar-refractivity contribution is 6.09. The van der Waals surface area contributed by atoms with Gasteiger partial charge in [-0.15, -0.1) is 0 Å². The van der Waals surface area contributed by atoms with E-state index in [1.54, 1.807) is 35.0 Å². The lowest BCUT2D eigenvalue weighted by atomic mass is 10.2. The van der Waals surface area contributed by atoms with Crippen LogP contribution in [-0.2, 0) is 0 Å². The van der Waals surface area contributed by atoms with Gasteiger partial charge in [0.2, 0.25) is 0 Å². The van der Waals surface area contributed by atoms with E-state index in [-0.39, 0.29) is 5.91 Å². The van der Waals surface area contributed by atoms with Crippen molar-refractivity contribution in [3.8, 4) is 6.07 Å². The average molecular weight is 445 g/mol. The number of hydrogen-bond acceptors (Lipinski definition) is 4. The van der Waals surface area contributed by atoms with Gasteiger partial charge in [-0.05, 0) is 67.4 Å². The van der Waals surface area contributed by atoms with Gasteiger partial charge >= 0.3 is 0 Å². The van der Waals surface area contributed by atoms with Crippen LogP contribution in [0.2, 0.25) is 0 Å². The largest absolute Gasteiger partial charge is 0.371 e. The fourth-order valence-corrected chi connectivity index (χ4v) is 3.61. The van der Waals surface area contributed by atoms with Gasteiger partial charge in [-0.25, -0.2) is 13.3 Å². The van der Waals surface area contributed by atoms with Crippen molar-refractivity contribution in [2.24, 2.45) is 0 Å². The second-order valence-corrected chi connectivity index (χ2v) is 7.55. The van der Waals surface area contributed by atoms with Crippen molar-refractivity contribution in [2.45, 2.75) is 12.8 Å². The number of nitriles is 1. The van der Waals surface area contributed by atoms with Crippen LogP contribution in [-0.4, -0.2) is 28.6 Å². The lowest BCUT2D eigenvalue weighted by Crippen LogP contribution is -2.18. The zero-order valence-corrected chi connectivity index (χ0v) is 17.7. The molecular weight excluding hydrogens is 424 g/mol. The molecule has 2 aromatic heterocycles. The minimum atomic E-state index is -0.411. The molecule has 6 nitrogen and oxygen atoms in total. The summed E-state index contributed by atoms with van der Waals surface area (Å²) in [7, 11) is 0. The quantitative estimate of drug-likeness (QED) is 0.480. The zero-order valence-electron chi connectivity index (χ0n) is 17.7.